The van der Waals surface area contributed by atoms with Crippen LogP contribution in [0.15, 0.2) is 4.99 Å². The molecule has 1 atom stereocenters. The molecule has 2 rings (SSSR count). The zero-order valence-electron chi connectivity index (χ0n) is 13.7. The highest BCUT2D eigenvalue weighted by molar-refractivity contribution is 7.91. The lowest BCUT2D eigenvalue weighted by Gasteiger charge is -2.26. The van der Waals surface area contributed by atoms with Crippen LogP contribution < -0.4 is 10.6 Å². The van der Waals surface area contributed by atoms with Crippen LogP contribution in [0.3, 0.4) is 0 Å². The molecular weight excluding hydrogens is 302 g/mol. The van der Waals surface area contributed by atoms with Crippen LogP contribution in [0.1, 0.15) is 33.1 Å². The van der Waals surface area contributed by atoms with E-state index in [2.05, 4.69) is 29.5 Å². The Morgan fingerprint density at radius 2 is 2.00 bits per heavy atom. The molecule has 0 saturated carbocycles. The minimum Gasteiger partial charge on any atom is -0.381 e. The van der Waals surface area contributed by atoms with Crippen LogP contribution in [0.5, 0.6) is 0 Å². The quantitative estimate of drug-likeness (QED) is 0.575. The summed E-state index contributed by atoms with van der Waals surface area (Å²) in [6.07, 6.45) is 2.73. The van der Waals surface area contributed by atoms with E-state index in [1.807, 2.05) is 0 Å². The van der Waals surface area contributed by atoms with Gasteiger partial charge in [0.15, 0.2) is 15.8 Å². The van der Waals surface area contributed by atoms with Gasteiger partial charge >= 0.3 is 0 Å². The summed E-state index contributed by atoms with van der Waals surface area (Å²) in [5.41, 5.74) is 0. The number of aliphatic imine (C=N–C) groups is 1. The van der Waals surface area contributed by atoms with E-state index in [9.17, 15) is 8.42 Å². The maximum absolute atomic E-state index is 11.5. The molecular formula is C15H29N3O3S. The van der Waals surface area contributed by atoms with E-state index in [1.165, 1.54) is 0 Å². The van der Waals surface area contributed by atoms with Gasteiger partial charge in [0, 0.05) is 32.3 Å². The number of hydrogen-bond donors (Lipinski definition) is 2. The van der Waals surface area contributed by atoms with E-state index in [1.54, 1.807) is 0 Å². The molecule has 22 heavy (non-hydrogen) atoms. The van der Waals surface area contributed by atoms with Gasteiger partial charge in [-0.25, -0.2) is 8.42 Å². The Balaban J connectivity index is 1.85. The summed E-state index contributed by atoms with van der Waals surface area (Å²) in [5, 5.41) is 6.80. The van der Waals surface area contributed by atoms with Gasteiger partial charge in [-0.3, -0.25) is 4.99 Å². The number of nitrogens with zero attached hydrogens (tertiary/aromatic N) is 1. The van der Waals surface area contributed by atoms with Gasteiger partial charge in [-0.1, -0.05) is 13.8 Å². The molecule has 0 aromatic heterocycles. The number of nitrogens with one attached hydrogen (secondary N) is 2. The van der Waals surface area contributed by atoms with Crippen molar-refractivity contribution in [1.29, 1.82) is 0 Å². The fourth-order valence-corrected chi connectivity index (χ4v) is 4.60. The molecule has 0 aromatic carbocycles. The van der Waals surface area contributed by atoms with Gasteiger partial charge in [0.05, 0.1) is 11.5 Å². The Morgan fingerprint density at radius 1 is 1.27 bits per heavy atom. The predicted molar refractivity (Wildman–Crippen MR) is 88.9 cm³/mol. The number of sulfone groups is 1. The maximum Gasteiger partial charge on any atom is 0.191 e. The summed E-state index contributed by atoms with van der Waals surface area (Å²) in [6, 6.07) is 0.388. The normalized spacial score (nSPS) is 26.3. The predicted octanol–water partition coefficient (Wildman–Crippen LogP) is 0.791. The van der Waals surface area contributed by atoms with Gasteiger partial charge in [0.1, 0.15) is 0 Å². The Bertz CT molecular complexity index is 470. The summed E-state index contributed by atoms with van der Waals surface area (Å²) in [7, 11) is -2.81. The highest BCUT2D eigenvalue weighted by atomic mass is 32.2. The summed E-state index contributed by atoms with van der Waals surface area (Å²) < 4.78 is 28.4. The Labute approximate surface area is 134 Å². The van der Waals surface area contributed by atoms with Crippen molar-refractivity contribution in [3.63, 3.8) is 0 Å². The smallest absolute Gasteiger partial charge is 0.191 e. The minimum atomic E-state index is -2.81. The molecule has 128 valence electrons. The first-order chi connectivity index (χ1) is 10.4. The highest BCUT2D eigenvalue weighted by Gasteiger charge is 2.28. The second kappa shape index (κ2) is 8.15. The molecule has 2 heterocycles. The largest absolute Gasteiger partial charge is 0.381 e. The monoisotopic (exact) mass is 331 g/mol. The SMILES string of the molecule is CC(C)CN=C(NCC1CCS(=O)(=O)C1)NC1CCOCC1. The van der Waals surface area contributed by atoms with Gasteiger partial charge in [0.2, 0.25) is 0 Å². The van der Waals surface area contributed by atoms with Crippen LogP contribution in [0.25, 0.3) is 0 Å². The average molecular weight is 331 g/mol. The van der Waals surface area contributed by atoms with Crippen LogP contribution in [-0.2, 0) is 14.6 Å². The van der Waals surface area contributed by atoms with Crippen molar-refractivity contribution in [2.45, 2.75) is 39.2 Å². The minimum absolute atomic E-state index is 0.200. The molecule has 0 spiro atoms. The third-order valence-corrected chi connectivity index (χ3v) is 5.90. The van der Waals surface area contributed by atoms with Crippen molar-refractivity contribution in [2.24, 2.45) is 16.8 Å². The Morgan fingerprint density at radius 3 is 2.59 bits per heavy atom. The van der Waals surface area contributed by atoms with Crippen LogP contribution in [0.2, 0.25) is 0 Å². The molecule has 6 nitrogen and oxygen atoms in total. The van der Waals surface area contributed by atoms with E-state index in [0.29, 0.717) is 30.0 Å². The van der Waals surface area contributed by atoms with Crippen LogP contribution in [0, 0.1) is 11.8 Å². The van der Waals surface area contributed by atoms with Crippen molar-refractivity contribution in [3.8, 4) is 0 Å². The fourth-order valence-electron chi connectivity index (χ4n) is 2.74. The molecule has 0 bridgehead atoms. The van der Waals surface area contributed by atoms with E-state index in [4.69, 9.17) is 4.74 Å². The topological polar surface area (TPSA) is 79.8 Å². The molecule has 2 aliphatic heterocycles. The van der Waals surface area contributed by atoms with Gasteiger partial charge in [-0.15, -0.1) is 0 Å². The molecule has 1 unspecified atom stereocenters. The number of hydrogen-bond acceptors (Lipinski definition) is 4. The molecule has 2 aliphatic rings. The maximum atomic E-state index is 11.5. The van der Waals surface area contributed by atoms with E-state index in [0.717, 1.165) is 45.0 Å². The second-order valence-electron chi connectivity index (χ2n) is 6.76. The second-order valence-corrected chi connectivity index (χ2v) is 8.99. The molecule has 0 aliphatic carbocycles. The van der Waals surface area contributed by atoms with Gasteiger partial charge in [0.25, 0.3) is 0 Å². The lowest BCUT2D eigenvalue weighted by molar-refractivity contribution is 0.0822. The van der Waals surface area contributed by atoms with Crippen LogP contribution >= 0.6 is 0 Å². The third kappa shape index (κ3) is 6.12. The van der Waals surface area contributed by atoms with Crippen molar-refractivity contribution in [1.82, 2.24) is 10.6 Å². The first-order valence-electron chi connectivity index (χ1n) is 8.27. The molecule has 0 radical (unpaired) electrons. The standard InChI is InChI=1S/C15H29N3O3S/c1-12(2)9-16-15(18-14-3-6-21-7-4-14)17-10-13-5-8-22(19,20)11-13/h12-14H,3-11H2,1-2H3,(H2,16,17,18). The lowest BCUT2D eigenvalue weighted by atomic mass is 10.1. The Hall–Kier alpha value is -0.820. The highest BCUT2D eigenvalue weighted by Crippen LogP contribution is 2.17. The summed E-state index contributed by atoms with van der Waals surface area (Å²) >= 11 is 0. The van der Waals surface area contributed by atoms with Gasteiger partial charge in [-0.2, -0.15) is 0 Å². The molecule has 0 amide bonds. The van der Waals surface area contributed by atoms with Crippen LogP contribution in [0.4, 0.5) is 0 Å². The Kier molecular flexibility index (Phi) is 6.50. The average Bonchev–Trinajstić information content (AvgIpc) is 2.82. The number of guanidine groups is 1. The van der Waals surface area contributed by atoms with Gasteiger partial charge in [-0.05, 0) is 31.1 Å². The van der Waals surface area contributed by atoms with Crippen molar-refractivity contribution in [2.75, 3.05) is 37.8 Å². The summed E-state index contributed by atoms with van der Waals surface area (Å²) in [6.45, 7) is 7.29. The van der Waals surface area contributed by atoms with Crippen molar-refractivity contribution < 1.29 is 13.2 Å². The first kappa shape index (κ1) is 17.5. The zero-order chi connectivity index (χ0) is 16.0. The molecule has 2 saturated heterocycles. The molecule has 2 N–H and O–H groups in total. The molecule has 7 heteroatoms. The van der Waals surface area contributed by atoms with Crippen molar-refractivity contribution in [3.05, 3.63) is 0 Å². The number of rotatable bonds is 5. The van der Waals surface area contributed by atoms with E-state index in [-0.39, 0.29) is 5.92 Å². The van der Waals surface area contributed by atoms with Crippen molar-refractivity contribution >= 4 is 15.8 Å². The van der Waals surface area contributed by atoms with E-state index < -0.39 is 9.84 Å². The third-order valence-electron chi connectivity index (χ3n) is 4.06. The van der Waals surface area contributed by atoms with Gasteiger partial charge < -0.3 is 15.4 Å². The summed E-state index contributed by atoms with van der Waals surface area (Å²) in [5.74, 6) is 2.13. The first-order valence-corrected chi connectivity index (χ1v) is 10.1. The zero-order valence-corrected chi connectivity index (χ0v) is 14.5. The number of ether oxygens (including phenoxy) is 1. The van der Waals surface area contributed by atoms with E-state index >= 15 is 0 Å². The summed E-state index contributed by atoms with van der Waals surface area (Å²) in [4.78, 5) is 4.62. The molecule has 2 fully saturated rings. The molecule has 0 aromatic rings. The van der Waals surface area contributed by atoms with Crippen LogP contribution in [-0.4, -0.2) is 58.2 Å². The fraction of sp³-hybridized carbons (Fsp3) is 0.933. The lowest BCUT2D eigenvalue weighted by Crippen LogP contribution is -2.47.